The Morgan fingerprint density at radius 2 is 1.36 bits per heavy atom. The number of amides is 2. The number of ketones is 1. The lowest BCUT2D eigenvalue weighted by Crippen LogP contribution is -2.52. The molecule has 2 saturated heterocycles. The molecule has 1 unspecified atom stereocenters. The Morgan fingerprint density at radius 1 is 0.810 bits per heavy atom. The van der Waals surface area contributed by atoms with Crippen LogP contribution in [-0.2, 0) is 15.9 Å². The van der Waals surface area contributed by atoms with E-state index in [9.17, 15) is 14.4 Å². The van der Waals surface area contributed by atoms with Crippen LogP contribution in [0.2, 0.25) is 0 Å². The molecular weight excluding hydrogens is 532 g/mol. The van der Waals surface area contributed by atoms with Gasteiger partial charge in [-0.1, -0.05) is 19.1 Å². The number of carbonyl (C=O) groups excluding carboxylic acids is 3. The van der Waals surface area contributed by atoms with Crippen LogP contribution in [0.25, 0.3) is 0 Å². The minimum atomic E-state index is -0.718. The van der Waals surface area contributed by atoms with Crippen LogP contribution in [0.4, 0.5) is 10.5 Å². The molecule has 1 atom stereocenters. The average Bonchev–Trinajstić information content (AvgIpc) is 2.99. The predicted molar refractivity (Wildman–Crippen MR) is 164 cm³/mol. The van der Waals surface area contributed by atoms with Crippen molar-refractivity contribution in [3.05, 3.63) is 65.2 Å². The molecule has 2 heterocycles. The van der Waals surface area contributed by atoms with Gasteiger partial charge in [-0.25, -0.2) is 4.79 Å². The Labute approximate surface area is 250 Å². The molecule has 42 heavy (non-hydrogen) atoms. The predicted octanol–water partition coefficient (Wildman–Crippen LogP) is 4.35. The first kappa shape index (κ1) is 31.5. The summed E-state index contributed by atoms with van der Waals surface area (Å²) in [5.74, 6) is 0.0303. The first-order chi connectivity index (χ1) is 19.9. The van der Waals surface area contributed by atoms with Gasteiger partial charge in [-0.05, 0) is 89.7 Å². The number of rotatable bonds is 8. The lowest BCUT2D eigenvalue weighted by atomic mass is 9.80. The van der Waals surface area contributed by atoms with Gasteiger partial charge in [-0.2, -0.15) is 0 Å². The molecular formula is C33H46N4O5. The van der Waals surface area contributed by atoms with Crippen molar-refractivity contribution >= 4 is 23.5 Å². The van der Waals surface area contributed by atoms with Gasteiger partial charge < -0.3 is 24.2 Å². The largest absolute Gasteiger partial charge is 0.444 e. The van der Waals surface area contributed by atoms with Crippen molar-refractivity contribution in [2.24, 2.45) is 0 Å². The number of likely N-dealkylation sites (N-methyl/N-ethyl adjacent to an activating group) is 1. The second-order valence-electron chi connectivity index (χ2n) is 12.4. The summed E-state index contributed by atoms with van der Waals surface area (Å²) in [5, 5.41) is 0. The molecule has 2 aliphatic rings. The smallest absolute Gasteiger partial charge is 0.410 e. The van der Waals surface area contributed by atoms with Crippen molar-refractivity contribution < 1.29 is 23.9 Å². The second kappa shape index (κ2) is 13.3. The van der Waals surface area contributed by atoms with Crippen molar-refractivity contribution in [1.29, 1.82) is 0 Å². The quantitative estimate of drug-likeness (QED) is 0.431. The van der Waals surface area contributed by atoms with E-state index in [1.165, 1.54) is 0 Å². The Balaban J connectivity index is 1.41. The Morgan fingerprint density at radius 3 is 1.88 bits per heavy atom. The molecule has 2 aromatic carbocycles. The van der Waals surface area contributed by atoms with Gasteiger partial charge in [0, 0.05) is 56.1 Å². The van der Waals surface area contributed by atoms with Gasteiger partial charge in [0.2, 0.25) is 0 Å². The van der Waals surface area contributed by atoms with Gasteiger partial charge in [0.15, 0.2) is 5.78 Å². The highest BCUT2D eigenvalue weighted by Gasteiger charge is 2.39. The third kappa shape index (κ3) is 7.31. The van der Waals surface area contributed by atoms with Gasteiger partial charge in [-0.15, -0.1) is 0 Å². The van der Waals surface area contributed by atoms with Gasteiger partial charge in [0.05, 0.1) is 18.8 Å². The number of hydrogen-bond donors (Lipinski definition) is 0. The van der Waals surface area contributed by atoms with Crippen LogP contribution in [-0.4, -0.2) is 110 Å². The lowest BCUT2D eigenvalue weighted by Gasteiger charge is -2.38. The summed E-state index contributed by atoms with van der Waals surface area (Å²) in [7, 11) is 3.91. The van der Waals surface area contributed by atoms with Crippen LogP contribution in [0, 0.1) is 0 Å². The van der Waals surface area contributed by atoms with Crippen molar-refractivity contribution in [2.45, 2.75) is 51.7 Å². The molecule has 228 valence electrons. The van der Waals surface area contributed by atoms with Crippen LogP contribution >= 0.6 is 0 Å². The zero-order valence-electron chi connectivity index (χ0n) is 26.0. The number of nitrogens with zero attached hydrogens (tertiary/aromatic N) is 4. The molecule has 9 nitrogen and oxygen atoms in total. The van der Waals surface area contributed by atoms with E-state index in [-0.39, 0.29) is 17.8 Å². The minimum absolute atomic E-state index is 0.0591. The number of anilines is 1. The monoisotopic (exact) mass is 578 g/mol. The second-order valence-corrected chi connectivity index (χ2v) is 12.4. The highest BCUT2D eigenvalue weighted by Crippen LogP contribution is 2.29. The third-order valence-corrected chi connectivity index (χ3v) is 8.29. The third-order valence-electron chi connectivity index (χ3n) is 8.29. The van der Waals surface area contributed by atoms with Crippen molar-refractivity contribution in [2.75, 3.05) is 71.5 Å². The summed E-state index contributed by atoms with van der Waals surface area (Å²) < 4.78 is 10.9. The Hall–Kier alpha value is -3.43. The van der Waals surface area contributed by atoms with Crippen LogP contribution in [0.3, 0.4) is 0 Å². The van der Waals surface area contributed by atoms with Gasteiger partial charge in [0.25, 0.3) is 5.91 Å². The number of ether oxygens (including phenoxy) is 2. The summed E-state index contributed by atoms with van der Waals surface area (Å²) in [6.45, 7) is 12.5. The van der Waals surface area contributed by atoms with E-state index >= 15 is 0 Å². The van der Waals surface area contributed by atoms with E-state index in [0.29, 0.717) is 50.1 Å². The first-order valence-corrected chi connectivity index (χ1v) is 14.9. The summed E-state index contributed by atoms with van der Waals surface area (Å²) in [6, 6.07) is 15.5. The number of piperazine rings is 1. The standard InChI is InChI=1S/C33H46N4O5/c1-7-33(34(5)6,29(38)26-12-14-28(15-13-26)35-20-22-41-23-21-35)24-25-8-10-27(11-9-25)30(39)36-16-18-37(19-17-36)31(40)42-32(2,3)4/h8-15H,7,16-24H2,1-6H3. The fourth-order valence-electron chi connectivity index (χ4n) is 5.66. The molecule has 0 N–H and O–H groups in total. The fourth-order valence-corrected chi connectivity index (χ4v) is 5.66. The van der Waals surface area contributed by atoms with E-state index in [2.05, 4.69) is 11.8 Å². The van der Waals surface area contributed by atoms with E-state index in [0.717, 1.165) is 37.6 Å². The first-order valence-electron chi connectivity index (χ1n) is 14.9. The molecule has 0 bridgehead atoms. The van der Waals surface area contributed by atoms with Crippen LogP contribution in [0.1, 0.15) is 60.4 Å². The number of hydrogen-bond acceptors (Lipinski definition) is 7. The Kier molecular flexibility index (Phi) is 9.94. The van der Waals surface area contributed by atoms with Crippen LogP contribution < -0.4 is 4.90 Å². The maximum Gasteiger partial charge on any atom is 0.410 e. The summed E-state index contributed by atoms with van der Waals surface area (Å²) >= 11 is 0. The zero-order chi connectivity index (χ0) is 30.5. The summed E-state index contributed by atoms with van der Waals surface area (Å²) in [6.07, 6.45) is 0.831. The van der Waals surface area contributed by atoms with E-state index in [1.54, 1.807) is 9.80 Å². The van der Waals surface area contributed by atoms with E-state index in [4.69, 9.17) is 9.47 Å². The molecule has 2 fully saturated rings. The average molecular weight is 579 g/mol. The Bertz CT molecular complexity index is 1220. The molecule has 2 amide bonds. The van der Waals surface area contributed by atoms with Crippen molar-refractivity contribution in [3.8, 4) is 0 Å². The highest BCUT2D eigenvalue weighted by atomic mass is 16.6. The number of carbonyl (C=O) groups is 3. The number of morpholine rings is 1. The maximum atomic E-state index is 14.0. The molecule has 0 saturated carbocycles. The van der Waals surface area contributed by atoms with Crippen molar-refractivity contribution in [1.82, 2.24) is 14.7 Å². The van der Waals surface area contributed by atoms with Crippen LogP contribution in [0.5, 0.6) is 0 Å². The van der Waals surface area contributed by atoms with Gasteiger partial charge >= 0.3 is 6.09 Å². The molecule has 0 spiro atoms. The summed E-state index contributed by atoms with van der Waals surface area (Å²) in [4.78, 5) is 47.3. The number of benzene rings is 2. The molecule has 9 heteroatoms. The normalized spacial score (nSPS) is 17.6. The molecule has 2 aliphatic heterocycles. The summed E-state index contributed by atoms with van der Waals surface area (Å²) in [5.41, 5.74) is 2.13. The molecule has 0 radical (unpaired) electrons. The van der Waals surface area contributed by atoms with Crippen LogP contribution in [0.15, 0.2) is 48.5 Å². The SMILES string of the molecule is CCC(Cc1ccc(C(=O)N2CCN(C(=O)OC(C)(C)C)CC2)cc1)(C(=O)c1ccc(N2CCOCC2)cc1)N(C)C. The van der Waals surface area contributed by atoms with Gasteiger partial charge in [-0.3, -0.25) is 14.5 Å². The highest BCUT2D eigenvalue weighted by molar-refractivity contribution is 6.03. The lowest BCUT2D eigenvalue weighted by molar-refractivity contribution is 0.0141. The van der Waals surface area contributed by atoms with E-state index < -0.39 is 11.1 Å². The minimum Gasteiger partial charge on any atom is -0.444 e. The number of Topliss-reactive ketones (excluding diaryl/α,β-unsaturated/α-hetero) is 1. The molecule has 0 aromatic heterocycles. The fraction of sp³-hybridized carbons (Fsp3) is 0.545. The van der Waals surface area contributed by atoms with Crippen molar-refractivity contribution in [3.63, 3.8) is 0 Å². The molecule has 2 aromatic rings. The molecule has 0 aliphatic carbocycles. The topological polar surface area (TPSA) is 82.6 Å². The maximum absolute atomic E-state index is 14.0. The van der Waals surface area contributed by atoms with Gasteiger partial charge in [0.1, 0.15) is 5.60 Å². The van der Waals surface area contributed by atoms with E-state index in [1.807, 2.05) is 88.3 Å². The zero-order valence-corrected chi connectivity index (χ0v) is 26.0. The molecule has 4 rings (SSSR count).